The summed E-state index contributed by atoms with van der Waals surface area (Å²) >= 11 is 3.46. The SMILES string of the molecule is O[C@@H]1CC[C@H](c2cccc(Br)c2)C1. The molecule has 2 rings (SSSR count). The second-order valence-corrected chi connectivity index (χ2v) is 4.63. The molecule has 0 amide bonds. The van der Waals surface area contributed by atoms with Gasteiger partial charge in [-0.05, 0) is 42.9 Å². The Bertz CT molecular complexity index is 298. The van der Waals surface area contributed by atoms with E-state index in [2.05, 4.69) is 34.1 Å². The molecule has 2 heteroatoms. The zero-order valence-electron chi connectivity index (χ0n) is 7.41. The van der Waals surface area contributed by atoms with Crippen LogP contribution in [0, 0.1) is 0 Å². The van der Waals surface area contributed by atoms with E-state index in [0.717, 1.165) is 23.7 Å². The lowest BCUT2D eigenvalue weighted by Gasteiger charge is -2.09. The number of hydrogen-bond acceptors (Lipinski definition) is 1. The van der Waals surface area contributed by atoms with Crippen molar-refractivity contribution in [2.24, 2.45) is 0 Å². The maximum atomic E-state index is 9.42. The van der Waals surface area contributed by atoms with Crippen LogP contribution < -0.4 is 0 Å². The average molecular weight is 241 g/mol. The molecule has 1 N–H and O–H groups in total. The fourth-order valence-electron chi connectivity index (χ4n) is 2.02. The fraction of sp³-hybridized carbons (Fsp3) is 0.455. The first kappa shape index (κ1) is 9.22. The van der Waals surface area contributed by atoms with Gasteiger partial charge in [0.25, 0.3) is 0 Å². The van der Waals surface area contributed by atoms with E-state index >= 15 is 0 Å². The van der Waals surface area contributed by atoms with Crippen LogP contribution in [0.2, 0.25) is 0 Å². The molecule has 13 heavy (non-hydrogen) atoms. The summed E-state index contributed by atoms with van der Waals surface area (Å²) in [6, 6.07) is 8.40. The first-order valence-corrected chi connectivity index (χ1v) is 5.48. The van der Waals surface area contributed by atoms with E-state index in [1.165, 1.54) is 5.56 Å². The van der Waals surface area contributed by atoms with Gasteiger partial charge in [0.15, 0.2) is 0 Å². The molecule has 0 unspecified atom stereocenters. The van der Waals surface area contributed by atoms with Crippen molar-refractivity contribution in [3.05, 3.63) is 34.3 Å². The number of halogens is 1. The molecule has 1 fully saturated rings. The quantitative estimate of drug-likeness (QED) is 0.801. The number of hydrogen-bond donors (Lipinski definition) is 1. The molecular formula is C11H13BrO. The van der Waals surface area contributed by atoms with Crippen molar-refractivity contribution in [2.75, 3.05) is 0 Å². The molecule has 1 nitrogen and oxygen atoms in total. The van der Waals surface area contributed by atoms with Gasteiger partial charge in [0.1, 0.15) is 0 Å². The van der Waals surface area contributed by atoms with Crippen molar-refractivity contribution < 1.29 is 5.11 Å². The van der Waals surface area contributed by atoms with E-state index in [4.69, 9.17) is 0 Å². The van der Waals surface area contributed by atoms with Crippen LogP contribution in [0.25, 0.3) is 0 Å². The average Bonchev–Trinajstić information content (AvgIpc) is 2.52. The standard InChI is InChI=1S/C11H13BrO/c12-10-3-1-2-8(6-10)9-4-5-11(13)7-9/h1-3,6,9,11,13H,4-5,7H2/t9-,11+/m0/s1. The molecule has 70 valence electrons. The first-order chi connectivity index (χ1) is 6.25. The van der Waals surface area contributed by atoms with Crippen molar-refractivity contribution in [3.8, 4) is 0 Å². The van der Waals surface area contributed by atoms with Gasteiger partial charge in [-0.25, -0.2) is 0 Å². The Balaban J connectivity index is 2.16. The number of aliphatic hydroxyl groups is 1. The van der Waals surface area contributed by atoms with Crippen molar-refractivity contribution in [1.29, 1.82) is 0 Å². The van der Waals surface area contributed by atoms with E-state index in [1.807, 2.05) is 6.07 Å². The first-order valence-electron chi connectivity index (χ1n) is 4.69. The highest BCUT2D eigenvalue weighted by atomic mass is 79.9. The summed E-state index contributed by atoms with van der Waals surface area (Å²) in [5.74, 6) is 0.562. The van der Waals surface area contributed by atoms with Crippen LogP contribution in [-0.4, -0.2) is 11.2 Å². The van der Waals surface area contributed by atoms with Gasteiger partial charge >= 0.3 is 0 Å². The highest BCUT2D eigenvalue weighted by Gasteiger charge is 2.23. The lowest BCUT2D eigenvalue weighted by molar-refractivity contribution is 0.181. The summed E-state index contributed by atoms with van der Waals surface area (Å²) in [6.07, 6.45) is 2.93. The van der Waals surface area contributed by atoms with Crippen LogP contribution in [0.15, 0.2) is 28.7 Å². The van der Waals surface area contributed by atoms with Crippen LogP contribution in [0.3, 0.4) is 0 Å². The minimum atomic E-state index is -0.0796. The maximum Gasteiger partial charge on any atom is 0.0546 e. The van der Waals surface area contributed by atoms with Crippen molar-refractivity contribution >= 4 is 15.9 Å². The summed E-state index contributed by atoms with van der Waals surface area (Å²) in [7, 11) is 0. The number of aliphatic hydroxyl groups excluding tert-OH is 1. The third-order valence-electron chi connectivity index (χ3n) is 2.73. The van der Waals surface area contributed by atoms with Crippen LogP contribution in [-0.2, 0) is 0 Å². The molecule has 1 aliphatic carbocycles. The summed E-state index contributed by atoms with van der Waals surface area (Å²) in [6.45, 7) is 0. The van der Waals surface area contributed by atoms with Gasteiger partial charge in [-0.15, -0.1) is 0 Å². The molecule has 0 aromatic heterocycles. The molecular weight excluding hydrogens is 228 g/mol. The number of benzene rings is 1. The van der Waals surface area contributed by atoms with Gasteiger partial charge in [-0.2, -0.15) is 0 Å². The van der Waals surface area contributed by atoms with Crippen molar-refractivity contribution in [1.82, 2.24) is 0 Å². The number of rotatable bonds is 1. The van der Waals surface area contributed by atoms with Crippen LogP contribution in [0.5, 0.6) is 0 Å². The lowest BCUT2D eigenvalue weighted by Crippen LogP contribution is -1.99. The molecule has 0 radical (unpaired) electrons. The Morgan fingerprint density at radius 1 is 1.31 bits per heavy atom. The van der Waals surface area contributed by atoms with Gasteiger partial charge in [-0.3, -0.25) is 0 Å². The van der Waals surface area contributed by atoms with Crippen LogP contribution in [0.1, 0.15) is 30.7 Å². The molecule has 2 atom stereocenters. The largest absolute Gasteiger partial charge is 0.393 e. The monoisotopic (exact) mass is 240 g/mol. The maximum absolute atomic E-state index is 9.42. The normalized spacial score (nSPS) is 27.8. The van der Waals surface area contributed by atoms with E-state index in [9.17, 15) is 5.11 Å². The third-order valence-corrected chi connectivity index (χ3v) is 3.22. The van der Waals surface area contributed by atoms with E-state index in [1.54, 1.807) is 0 Å². The molecule has 0 spiro atoms. The topological polar surface area (TPSA) is 20.2 Å². The zero-order chi connectivity index (χ0) is 9.26. The molecule has 0 aliphatic heterocycles. The van der Waals surface area contributed by atoms with E-state index < -0.39 is 0 Å². The molecule has 0 saturated heterocycles. The van der Waals surface area contributed by atoms with Gasteiger partial charge in [0, 0.05) is 4.47 Å². The summed E-state index contributed by atoms with van der Waals surface area (Å²) in [4.78, 5) is 0. The smallest absolute Gasteiger partial charge is 0.0546 e. The molecule has 0 bridgehead atoms. The Kier molecular flexibility index (Phi) is 2.70. The Hall–Kier alpha value is -0.340. The van der Waals surface area contributed by atoms with Gasteiger partial charge < -0.3 is 5.11 Å². The summed E-state index contributed by atoms with van der Waals surface area (Å²) < 4.78 is 1.13. The van der Waals surface area contributed by atoms with Crippen molar-refractivity contribution in [2.45, 2.75) is 31.3 Å². The Labute approximate surface area is 86.9 Å². The van der Waals surface area contributed by atoms with Crippen molar-refractivity contribution in [3.63, 3.8) is 0 Å². The third kappa shape index (κ3) is 2.12. The Morgan fingerprint density at radius 2 is 2.15 bits per heavy atom. The summed E-state index contributed by atoms with van der Waals surface area (Å²) in [5.41, 5.74) is 1.35. The van der Waals surface area contributed by atoms with Crippen LogP contribution in [0.4, 0.5) is 0 Å². The second kappa shape index (κ2) is 3.81. The predicted molar refractivity (Wildman–Crippen MR) is 56.7 cm³/mol. The van der Waals surface area contributed by atoms with Crippen LogP contribution >= 0.6 is 15.9 Å². The Morgan fingerprint density at radius 3 is 2.77 bits per heavy atom. The predicted octanol–water partition coefficient (Wildman–Crippen LogP) is 3.08. The highest BCUT2D eigenvalue weighted by Crippen LogP contribution is 2.35. The van der Waals surface area contributed by atoms with Gasteiger partial charge in [-0.1, -0.05) is 28.1 Å². The minimum absolute atomic E-state index is 0.0796. The zero-order valence-corrected chi connectivity index (χ0v) is 9.00. The molecule has 1 aromatic carbocycles. The van der Waals surface area contributed by atoms with E-state index in [0.29, 0.717) is 5.92 Å². The molecule has 0 heterocycles. The lowest BCUT2D eigenvalue weighted by atomic mass is 9.98. The molecule has 1 aromatic rings. The second-order valence-electron chi connectivity index (χ2n) is 3.72. The van der Waals surface area contributed by atoms with Gasteiger partial charge in [0.2, 0.25) is 0 Å². The minimum Gasteiger partial charge on any atom is -0.393 e. The molecule has 1 aliphatic rings. The fourth-order valence-corrected chi connectivity index (χ4v) is 2.44. The highest BCUT2D eigenvalue weighted by molar-refractivity contribution is 9.10. The van der Waals surface area contributed by atoms with E-state index in [-0.39, 0.29) is 6.10 Å². The summed E-state index contributed by atoms with van der Waals surface area (Å²) in [5, 5.41) is 9.42. The molecule has 1 saturated carbocycles. The van der Waals surface area contributed by atoms with Gasteiger partial charge in [0.05, 0.1) is 6.10 Å².